The highest BCUT2D eigenvalue weighted by Crippen LogP contribution is 2.29. The predicted octanol–water partition coefficient (Wildman–Crippen LogP) is 1.65. The maximum absolute atomic E-state index is 12.4. The van der Waals surface area contributed by atoms with Crippen molar-refractivity contribution in [2.24, 2.45) is 0 Å². The van der Waals surface area contributed by atoms with Crippen LogP contribution in [0.25, 0.3) is 0 Å². The fourth-order valence-electron chi connectivity index (χ4n) is 1.53. The number of nitrogen functional groups attached to an aromatic ring is 2. The number of anilines is 2. The smallest absolute Gasteiger partial charge is 0.368 e. The van der Waals surface area contributed by atoms with Gasteiger partial charge in [-0.25, -0.2) is 0 Å². The fourth-order valence-corrected chi connectivity index (χ4v) is 1.53. The zero-order chi connectivity index (χ0) is 14.0. The molecular formula is C11H10F3N5. The van der Waals surface area contributed by atoms with Gasteiger partial charge in [-0.15, -0.1) is 0 Å². The maximum Gasteiger partial charge on any atom is 0.416 e. The van der Waals surface area contributed by atoms with E-state index in [0.29, 0.717) is 11.4 Å². The quantitative estimate of drug-likeness (QED) is 0.865. The minimum atomic E-state index is -4.35. The summed E-state index contributed by atoms with van der Waals surface area (Å²) in [7, 11) is 0. The minimum Gasteiger partial charge on any atom is -0.368 e. The Balaban J connectivity index is 2.20. The van der Waals surface area contributed by atoms with Crippen molar-refractivity contribution in [1.29, 1.82) is 0 Å². The van der Waals surface area contributed by atoms with E-state index in [1.165, 1.54) is 12.1 Å². The average Bonchev–Trinajstić information content (AvgIpc) is 2.26. The monoisotopic (exact) mass is 269 g/mol. The first kappa shape index (κ1) is 13.1. The Bertz CT molecular complexity index is 560. The molecule has 0 fully saturated rings. The molecule has 0 radical (unpaired) electrons. The van der Waals surface area contributed by atoms with E-state index in [4.69, 9.17) is 11.5 Å². The Hall–Kier alpha value is -2.38. The second kappa shape index (κ2) is 4.71. The second-order valence-electron chi connectivity index (χ2n) is 3.84. The van der Waals surface area contributed by atoms with Crippen LogP contribution in [-0.2, 0) is 12.6 Å². The number of aromatic nitrogens is 3. The predicted molar refractivity (Wildman–Crippen MR) is 62.9 cm³/mol. The fraction of sp³-hybridized carbons (Fsp3) is 0.182. The molecule has 0 saturated carbocycles. The Labute approximate surface area is 106 Å². The van der Waals surface area contributed by atoms with Crippen molar-refractivity contribution in [1.82, 2.24) is 15.0 Å². The largest absolute Gasteiger partial charge is 0.416 e. The van der Waals surface area contributed by atoms with Gasteiger partial charge in [0.25, 0.3) is 0 Å². The van der Waals surface area contributed by atoms with E-state index in [2.05, 4.69) is 15.0 Å². The van der Waals surface area contributed by atoms with Gasteiger partial charge in [0.1, 0.15) is 5.82 Å². The Morgan fingerprint density at radius 1 is 0.895 bits per heavy atom. The van der Waals surface area contributed by atoms with E-state index in [-0.39, 0.29) is 18.3 Å². The van der Waals surface area contributed by atoms with Gasteiger partial charge in [-0.3, -0.25) is 0 Å². The Kier molecular flexibility index (Phi) is 3.24. The first-order valence-corrected chi connectivity index (χ1v) is 5.26. The molecule has 5 nitrogen and oxygen atoms in total. The molecule has 8 heteroatoms. The first-order valence-electron chi connectivity index (χ1n) is 5.26. The van der Waals surface area contributed by atoms with Gasteiger partial charge >= 0.3 is 6.18 Å². The molecule has 19 heavy (non-hydrogen) atoms. The van der Waals surface area contributed by atoms with E-state index in [1.807, 2.05) is 0 Å². The lowest BCUT2D eigenvalue weighted by Gasteiger charge is -2.07. The van der Waals surface area contributed by atoms with Crippen LogP contribution in [0, 0.1) is 0 Å². The summed E-state index contributed by atoms with van der Waals surface area (Å²) in [4.78, 5) is 11.3. The Morgan fingerprint density at radius 2 is 1.42 bits per heavy atom. The molecule has 0 atom stereocenters. The van der Waals surface area contributed by atoms with Crippen molar-refractivity contribution in [2.75, 3.05) is 11.5 Å². The van der Waals surface area contributed by atoms with E-state index in [9.17, 15) is 13.2 Å². The number of halogens is 3. The maximum atomic E-state index is 12.4. The molecule has 100 valence electrons. The van der Waals surface area contributed by atoms with Crippen molar-refractivity contribution in [3.63, 3.8) is 0 Å². The molecule has 2 rings (SSSR count). The molecule has 0 aliphatic rings. The molecule has 0 aliphatic carbocycles. The molecule has 0 aliphatic heterocycles. The first-order chi connectivity index (χ1) is 8.84. The Morgan fingerprint density at radius 3 is 1.89 bits per heavy atom. The molecule has 1 aromatic heterocycles. The van der Waals surface area contributed by atoms with Crippen LogP contribution in [0.3, 0.4) is 0 Å². The van der Waals surface area contributed by atoms with Gasteiger partial charge in [0.15, 0.2) is 0 Å². The summed E-state index contributed by atoms with van der Waals surface area (Å²) in [6.07, 6.45) is -4.12. The third-order valence-electron chi connectivity index (χ3n) is 2.36. The third-order valence-corrected chi connectivity index (χ3v) is 2.36. The van der Waals surface area contributed by atoms with Gasteiger partial charge in [-0.1, -0.05) is 12.1 Å². The molecule has 2 aromatic rings. The molecule has 0 unspecified atom stereocenters. The van der Waals surface area contributed by atoms with E-state index in [1.54, 1.807) is 0 Å². The SMILES string of the molecule is Nc1nc(N)nc(Cc2ccc(C(F)(F)F)cc2)n1. The van der Waals surface area contributed by atoms with E-state index in [0.717, 1.165) is 12.1 Å². The van der Waals surface area contributed by atoms with E-state index < -0.39 is 11.7 Å². The van der Waals surface area contributed by atoms with Gasteiger partial charge in [-0.2, -0.15) is 28.1 Å². The number of hydrogen-bond acceptors (Lipinski definition) is 5. The van der Waals surface area contributed by atoms with Crippen LogP contribution in [0.1, 0.15) is 17.0 Å². The van der Waals surface area contributed by atoms with Crippen LogP contribution in [0.2, 0.25) is 0 Å². The number of benzene rings is 1. The van der Waals surface area contributed by atoms with Crippen molar-refractivity contribution in [3.8, 4) is 0 Å². The summed E-state index contributed by atoms with van der Waals surface area (Å²) in [6.45, 7) is 0. The number of hydrogen-bond donors (Lipinski definition) is 2. The van der Waals surface area contributed by atoms with Gasteiger partial charge in [0.05, 0.1) is 5.56 Å². The van der Waals surface area contributed by atoms with Gasteiger partial charge in [0, 0.05) is 6.42 Å². The highest BCUT2D eigenvalue weighted by molar-refractivity contribution is 5.30. The summed E-state index contributed by atoms with van der Waals surface area (Å²) in [5.74, 6) is 0.272. The molecule has 0 saturated heterocycles. The van der Waals surface area contributed by atoms with Gasteiger partial charge in [0.2, 0.25) is 11.9 Å². The topological polar surface area (TPSA) is 90.7 Å². The molecule has 0 amide bonds. The van der Waals surface area contributed by atoms with Crippen LogP contribution in [-0.4, -0.2) is 15.0 Å². The summed E-state index contributed by atoms with van der Waals surface area (Å²) < 4.78 is 37.2. The molecular weight excluding hydrogens is 259 g/mol. The number of nitrogens with two attached hydrogens (primary N) is 2. The lowest BCUT2D eigenvalue weighted by Crippen LogP contribution is -2.08. The zero-order valence-corrected chi connectivity index (χ0v) is 9.65. The third kappa shape index (κ3) is 3.30. The number of rotatable bonds is 2. The molecule has 4 N–H and O–H groups in total. The molecule has 0 spiro atoms. The molecule has 1 heterocycles. The lowest BCUT2D eigenvalue weighted by atomic mass is 10.1. The minimum absolute atomic E-state index is 0.0191. The summed E-state index contributed by atoms with van der Waals surface area (Å²) in [5, 5.41) is 0. The highest BCUT2D eigenvalue weighted by atomic mass is 19.4. The highest BCUT2D eigenvalue weighted by Gasteiger charge is 2.29. The average molecular weight is 269 g/mol. The van der Waals surface area contributed by atoms with E-state index >= 15 is 0 Å². The van der Waals surface area contributed by atoms with Crippen molar-refractivity contribution < 1.29 is 13.2 Å². The zero-order valence-electron chi connectivity index (χ0n) is 9.65. The van der Waals surface area contributed by atoms with Gasteiger partial charge in [-0.05, 0) is 17.7 Å². The van der Waals surface area contributed by atoms with Crippen LogP contribution in [0.4, 0.5) is 25.1 Å². The van der Waals surface area contributed by atoms with Gasteiger partial charge < -0.3 is 11.5 Å². The van der Waals surface area contributed by atoms with Crippen LogP contribution >= 0.6 is 0 Å². The number of nitrogens with zero attached hydrogens (tertiary/aromatic N) is 3. The van der Waals surface area contributed by atoms with Crippen LogP contribution in [0.5, 0.6) is 0 Å². The van der Waals surface area contributed by atoms with Crippen LogP contribution < -0.4 is 11.5 Å². The lowest BCUT2D eigenvalue weighted by molar-refractivity contribution is -0.137. The molecule has 0 bridgehead atoms. The van der Waals surface area contributed by atoms with Crippen molar-refractivity contribution >= 4 is 11.9 Å². The summed E-state index contributed by atoms with van der Waals surface area (Å²) >= 11 is 0. The normalized spacial score (nSPS) is 11.5. The number of alkyl halides is 3. The van der Waals surface area contributed by atoms with Crippen LogP contribution in [0.15, 0.2) is 24.3 Å². The van der Waals surface area contributed by atoms with Crippen molar-refractivity contribution in [3.05, 3.63) is 41.2 Å². The summed E-state index contributed by atoms with van der Waals surface area (Å²) in [5.41, 5.74) is 10.7. The second-order valence-corrected chi connectivity index (χ2v) is 3.84. The standard InChI is InChI=1S/C11H10F3N5/c12-11(13,14)7-3-1-6(2-4-7)5-8-17-9(15)19-10(16)18-8/h1-4H,5H2,(H4,15,16,17,18,19). The van der Waals surface area contributed by atoms with Crippen molar-refractivity contribution in [2.45, 2.75) is 12.6 Å². The molecule has 1 aromatic carbocycles. The summed E-state index contributed by atoms with van der Waals surface area (Å²) in [6, 6.07) is 4.73.